The summed E-state index contributed by atoms with van der Waals surface area (Å²) in [7, 11) is 0. The van der Waals surface area contributed by atoms with Crippen molar-refractivity contribution in [2.75, 3.05) is 6.61 Å². The highest BCUT2D eigenvalue weighted by Crippen LogP contribution is 2.31. The Balaban J connectivity index is 1.86. The van der Waals surface area contributed by atoms with Crippen molar-refractivity contribution in [2.45, 2.75) is 63.2 Å². The van der Waals surface area contributed by atoms with Gasteiger partial charge in [0.25, 0.3) is 0 Å². The highest BCUT2D eigenvalue weighted by atomic mass is 32.1. The monoisotopic (exact) mass is 363 g/mol. The predicted molar refractivity (Wildman–Crippen MR) is 103 cm³/mol. The van der Waals surface area contributed by atoms with Gasteiger partial charge < -0.3 is 10.1 Å². The van der Waals surface area contributed by atoms with E-state index < -0.39 is 10.8 Å². The van der Waals surface area contributed by atoms with Crippen molar-refractivity contribution in [2.24, 2.45) is 5.92 Å². The predicted octanol–water partition coefficient (Wildman–Crippen LogP) is 3.55. The number of rotatable bonds is 8. The quantitative estimate of drug-likeness (QED) is 0.422. The zero-order valence-electron chi connectivity index (χ0n) is 15.2. The van der Waals surface area contributed by atoms with Gasteiger partial charge in [-0.3, -0.25) is 4.79 Å². The molecule has 1 atom stereocenters. The molecule has 0 radical (unpaired) electrons. The summed E-state index contributed by atoms with van der Waals surface area (Å²) in [5, 5.41) is 2.53. The van der Waals surface area contributed by atoms with Crippen LogP contribution in [0.4, 0.5) is 0 Å². The molecule has 5 heteroatoms. The van der Waals surface area contributed by atoms with E-state index in [9.17, 15) is 9.59 Å². The highest BCUT2D eigenvalue weighted by molar-refractivity contribution is 7.81. The number of aryl methyl sites for hydroxylation is 1. The Labute approximate surface area is 156 Å². The number of thiol groups is 1. The lowest BCUT2D eigenvalue weighted by Crippen LogP contribution is -2.55. The Morgan fingerprint density at radius 1 is 1.20 bits per heavy atom. The van der Waals surface area contributed by atoms with Gasteiger partial charge in [-0.05, 0) is 37.2 Å². The minimum Gasteiger partial charge on any atom is -0.464 e. The molecule has 4 nitrogen and oxygen atoms in total. The second-order valence-corrected chi connectivity index (χ2v) is 7.75. The van der Waals surface area contributed by atoms with Crippen molar-refractivity contribution in [3.63, 3.8) is 0 Å². The number of carbonyl (C=O) groups excluding carboxylic acids is 2. The minimum absolute atomic E-state index is 0.115. The van der Waals surface area contributed by atoms with Crippen LogP contribution in [0.3, 0.4) is 0 Å². The normalized spacial score (nSPS) is 17.3. The number of benzene rings is 1. The third-order valence-corrected chi connectivity index (χ3v) is 5.63. The molecule has 0 saturated heterocycles. The molecule has 25 heavy (non-hydrogen) atoms. The molecule has 138 valence electrons. The van der Waals surface area contributed by atoms with Crippen LogP contribution in [0, 0.1) is 5.92 Å². The summed E-state index contributed by atoms with van der Waals surface area (Å²) in [6.45, 7) is 4.26. The zero-order valence-corrected chi connectivity index (χ0v) is 16.1. The third kappa shape index (κ3) is 5.50. The second kappa shape index (κ2) is 9.27. The van der Waals surface area contributed by atoms with E-state index in [-0.39, 0.29) is 17.8 Å². The van der Waals surface area contributed by atoms with Crippen LogP contribution in [-0.2, 0) is 20.7 Å². The van der Waals surface area contributed by atoms with Crippen molar-refractivity contribution in [1.29, 1.82) is 0 Å². The maximum Gasteiger partial charge on any atom is 0.331 e. The lowest BCUT2D eigenvalue weighted by molar-refractivity contribution is -0.153. The Hall–Kier alpha value is -1.49. The van der Waals surface area contributed by atoms with Crippen molar-refractivity contribution >= 4 is 24.5 Å². The summed E-state index contributed by atoms with van der Waals surface area (Å²) < 4.78 is 5.51. The summed E-state index contributed by atoms with van der Waals surface area (Å²) in [5.41, 5.74) is 0.372. The van der Waals surface area contributed by atoms with Gasteiger partial charge >= 0.3 is 5.97 Å². The number of amides is 1. The number of carbonyl (C=O) groups is 2. The Bertz CT molecular complexity index is 568. The van der Waals surface area contributed by atoms with Crippen LogP contribution in [0.25, 0.3) is 0 Å². The maximum atomic E-state index is 12.6. The molecular formula is C20H29NO3S. The number of hydrogen-bond donors (Lipinski definition) is 2. The van der Waals surface area contributed by atoms with E-state index >= 15 is 0 Å². The largest absolute Gasteiger partial charge is 0.464 e. The lowest BCUT2D eigenvalue weighted by Gasteiger charge is -2.30. The van der Waals surface area contributed by atoms with Gasteiger partial charge in [-0.15, -0.1) is 0 Å². The minimum atomic E-state index is -0.861. The molecule has 0 bridgehead atoms. The fourth-order valence-electron chi connectivity index (χ4n) is 3.20. The molecule has 0 spiro atoms. The van der Waals surface area contributed by atoms with Crippen molar-refractivity contribution < 1.29 is 14.3 Å². The number of ether oxygens (including phenoxy) is 1. The first-order valence-electron chi connectivity index (χ1n) is 9.16. The number of esters is 1. The first-order valence-corrected chi connectivity index (χ1v) is 9.67. The second-order valence-electron chi connectivity index (χ2n) is 7.19. The van der Waals surface area contributed by atoms with Crippen LogP contribution in [-0.4, -0.2) is 29.3 Å². The van der Waals surface area contributed by atoms with E-state index in [1.54, 1.807) is 0 Å². The molecule has 1 aliphatic rings. The first-order chi connectivity index (χ1) is 11.9. The van der Waals surface area contributed by atoms with Crippen LogP contribution < -0.4 is 5.32 Å². The van der Waals surface area contributed by atoms with Gasteiger partial charge in [-0.25, -0.2) is 4.79 Å². The van der Waals surface area contributed by atoms with Gasteiger partial charge in [0.1, 0.15) is 5.54 Å². The highest BCUT2D eigenvalue weighted by Gasteiger charge is 2.44. The van der Waals surface area contributed by atoms with Gasteiger partial charge in [-0.1, -0.05) is 57.0 Å². The number of hydrogen-bond acceptors (Lipinski definition) is 4. The molecule has 1 saturated carbocycles. The van der Waals surface area contributed by atoms with Gasteiger partial charge in [-0.2, -0.15) is 12.6 Å². The average molecular weight is 364 g/mol. The van der Waals surface area contributed by atoms with Crippen molar-refractivity contribution in [3.05, 3.63) is 35.9 Å². The summed E-state index contributed by atoms with van der Waals surface area (Å²) in [6, 6.07) is 10.1. The van der Waals surface area contributed by atoms with E-state index in [1.165, 1.54) is 5.56 Å². The molecule has 1 aromatic carbocycles. The molecular weight excluding hydrogens is 334 g/mol. The van der Waals surface area contributed by atoms with Gasteiger partial charge in [0.05, 0.1) is 11.9 Å². The van der Waals surface area contributed by atoms with Gasteiger partial charge in [0.15, 0.2) is 0 Å². The Morgan fingerprint density at radius 2 is 1.84 bits per heavy atom. The molecule has 1 N–H and O–H groups in total. The molecule has 0 aromatic heterocycles. The van der Waals surface area contributed by atoms with Crippen molar-refractivity contribution in [1.82, 2.24) is 5.32 Å². The molecule has 0 aliphatic heterocycles. The van der Waals surface area contributed by atoms with E-state index in [0.717, 1.165) is 25.7 Å². The van der Waals surface area contributed by atoms with Gasteiger partial charge in [0.2, 0.25) is 5.91 Å². The molecule has 0 unspecified atom stereocenters. The van der Waals surface area contributed by atoms with Gasteiger partial charge in [0, 0.05) is 0 Å². The van der Waals surface area contributed by atoms with E-state index in [0.29, 0.717) is 19.4 Å². The summed E-state index contributed by atoms with van der Waals surface area (Å²) in [5.74, 6) is -0.360. The molecule has 1 aliphatic carbocycles. The van der Waals surface area contributed by atoms with Crippen molar-refractivity contribution in [3.8, 4) is 0 Å². The lowest BCUT2D eigenvalue weighted by atomic mass is 9.96. The SMILES string of the molecule is CC(C)[C@H](S)C(=O)NC1(C(=O)OCCCc2ccccc2)CCCC1. The molecule has 2 rings (SSSR count). The van der Waals surface area contributed by atoms with Crippen LogP contribution >= 0.6 is 12.6 Å². The smallest absolute Gasteiger partial charge is 0.331 e. The molecule has 0 heterocycles. The Kier molecular flexibility index (Phi) is 7.36. The molecule has 1 amide bonds. The fourth-order valence-corrected chi connectivity index (χ4v) is 3.26. The summed E-state index contributed by atoms with van der Waals surface area (Å²) in [4.78, 5) is 25.0. The number of nitrogens with one attached hydrogen (secondary N) is 1. The standard InChI is InChI=1S/C20H29NO3S/c1-15(2)17(25)18(22)21-20(12-6-7-13-20)19(23)24-14-8-11-16-9-4-3-5-10-16/h3-5,9-10,15,17,25H,6-8,11-14H2,1-2H3,(H,21,22)/t17-/m0/s1. The topological polar surface area (TPSA) is 55.4 Å². The van der Waals surface area contributed by atoms with E-state index in [1.807, 2.05) is 32.0 Å². The van der Waals surface area contributed by atoms with Crippen LogP contribution in [0.1, 0.15) is 51.5 Å². The first kappa shape index (κ1) is 19.8. The summed E-state index contributed by atoms with van der Waals surface area (Å²) in [6.07, 6.45) is 4.81. The average Bonchev–Trinajstić information content (AvgIpc) is 3.08. The maximum absolute atomic E-state index is 12.6. The third-order valence-electron chi connectivity index (χ3n) is 4.80. The van der Waals surface area contributed by atoms with E-state index in [2.05, 4.69) is 30.1 Å². The molecule has 1 fully saturated rings. The van der Waals surface area contributed by atoms with Crippen LogP contribution in [0.2, 0.25) is 0 Å². The van der Waals surface area contributed by atoms with E-state index in [4.69, 9.17) is 4.74 Å². The molecule has 1 aromatic rings. The van der Waals surface area contributed by atoms with Crippen LogP contribution in [0.15, 0.2) is 30.3 Å². The Morgan fingerprint density at radius 3 is 2.44 bits per heavy atom. The summed E-state index contributed by atoms with van der Waals surface area (Å²) >= 11 is 4.36. The zero-order chi connectivity index (χ0) is 18.3. The van der Waals surface area contributed by atoms with Crippen LogP contribution in [0.5, 0.6) is 0 Å². The fraction of sp³-hybridized carbons (Fsp3) is 0.600.